The molecule has 0 aliphatic heterocycles. The number of hydrogen-bond acceptors (Lipinski definition) is 6. The Hall–Kier alpha value is -4.27. The van der Waals surface area contributed by atoms with E-state index in [1.54, 1.807) is 37.3 Å². The molecule has 4 aromatic rings. The summed E-state index contributed by atoms with van der Waals surface area (Å²) in [5, 5.41) is 12.5. The lowest BCUT2D eigenvalue weighted by Crippen LogP contribution is -2.41. The van der Waals surface area contributed by atoms with E-state index in [-0.39, 0.29) is 5.76 Å². The predicted molar refractivity (Wildman–Crippen MR) is 107 cm³/mol. The number of carbonyl (C=O) groups excluding carboxylic acids is 2. The minimum Gasteiger partial charge on any atom is -0.456 e. The second-order valence-corrected chi connectivity index (χ2v) is 6.52. The molecule has 0 saturated carbocycles. The van der Waals surface area contributed by atoms with Crippen LogP contribution in [0.4, 0.5) is 0 Å². The number of tetrazole rings is 1. The maximum Gasteiger partial charge on any atom is 0.305 e. The van der Waals surface area contributed by atoms with E-state index < -0.39 is 11.8 Å². The van der Waals surface area contributed by atoms with E-state index >= 15 is 0 Å². The highest BCUT2D eigenvalue weighted by atomic mass is 16.3. The van der Waals surface area contributed by atoms with Crippen molar-refractivity contribution in [3.63, 3.8) is 0 Å². The van der Waals surface area contributed by atoms with Crippen molar-refractivity contribution in [2.75, 3.05) is 0 Å². The van der Waals surface area contributed by atoms with E-state index in [1.807, 2.05) is 30.3 Å². The molecule has 0 atom stereocenters. The van der Waals surface area contributed by atoms with Gasteiger partial charge in [0.25, 0.3) is 5.91 Å². The van der Waals surface area contributed by atoms with Crippen LogP contribution in [0, 0.1) is 6.92 Å². The third kappa shape index (κ3) is 4.41. The molecule has 0 saturated heterocycles. The zero-order chi connectivity index (χ0) is 20.9. The molecule has 150 valence electrons. The molecule has 4 rings (SSSR count). The highest BCUT2D eigenvalue weighted by molar-refractivity contribution is 5.97. The van der Waals surface area contributed by atoms with Crippen LogP contribution in [0.3, 0.4) is 0 Å². The number of hydrogen-bond donors (Lipinski definition) is 2. The van der Waals surface area contributed by atoms with Gasteiger partial charge in [-0.25, -0.2) is 0 Å². The molecule has 0 spiro atoms. The summed E-state index contributed by atoms with van der Waals surface area (Å²) >= 11 is 0. The fourth-order valence-corrected chi connectivity index (χ4v) is 2.74. The zero-order valence-corrected chi connectivity index (χ0v) is 16.1. The van der Waals surface area contributed by atoms with Crippen molar-refractivity contribution in [2.45, 2.75) is 13.5 Å². The summed E-state index contributed by atoms with van der Waals surface area (Å²) < 4.78 is 5.20. The first kappa shape index (κ1) is 19.1. The van der Waals surface area contributed by atoms with Crippen molar-refractivity contribution in [2.24, 2.45) is 0 Å². The number of amides is 2. The lowest BCUT2D eigenvalue weighted by atomic mass is 10.1. The van der Waals surface area contributed by atoms with Gasteiger partial charge in [0.05, 0.1) is 6.54 Å². The molecule has 2 amide bonds. The van der Waals surface area contributed by atoms with Gasteiger partial charge < -0.3 is 4.42 Å². The van der Waals surface area contributed by atoms with Crippen LogP contribution in [0.1, 0.15) is 32.2 Å². The van der Waals surface area contributed by atoms with E-state index in [1.165, 1.54) is 10.9 Å². The monoisotopic (exact) mass is 402 g/mol. The Morgan fingerprint density at radius 2 is 1.67 bits per heavy atom. The first-order valence-corrected chi connectivity index (χ1v) is 9.18. The summed E-state index contributed by atoms with van der Waals surface area (Å²) in [6.07, 6.45) is 0. The van der Waals surface area contributed by atoms with Crippen LogP contribution in [0.15, 0.2) is 71.1 Å². The van der Waals surface area contributed by atoms with Gasteiger partial charge in [0.15, 0.2) is 5.76 Å². The lowest BCUT2D eigenvalue weighted by Gasteiger charge is -2.07. The van der Waals surface area contributed by atoms with Gasteiger partial charge in [0, 0.05) is 11.1 Å². The number of carbonyl (C=O) groups is 2. The number of aromatic nitrogens is 4. The Labute approximate surface area is 171 Å². The second-order valence-electron chi connectivity index (χ2n) is 6.52. The summed E-state index contributed by atoms with van der Waals surface area (Å²) in [6.45, 7) is 2.14. The predicted octanol–water partition coefficient (Wildman–Crippen LogP) is 2.36. The average Bonchev–Trinajstić information content (AvgIpc) is 3.42. The first-order chi connectivity index (χ1) is 14.6. The molecule has 9 nitrogen and oxygen atoms in total. The Balaban J connectivity index is 1.34. The fourth-order valence-electron chi connectivity index (χ4n) is 2.74. The van der Waals surface area contributed by atoms with Gasteiger partial charge in [0.2, 0.25) is 5.82 Å². The van der Waals surface area contributed by atoms with Crippen molar-refractivity contribution >= 4 is 11.8 Å². The molecule has 0 fully saturated rings. The van der Waals surface area contributed by atoms with Crippen LogP contribution in [0.2, 0.25) is 0 Å². The molecule has 2 aromatic carbocycles. The van der Waals surface area contributed by atoms with E-state index in [2.05, 4.69) is 26.3 Å². The van der Waals surface area contributed by atoms with E-state index in [9.17, 15) is 9.59 Å². The van der Waals surface area contributed by atoms with Crippen LogP contribution < -0.4 is 10.9 Å². The summed E-state index contributed by atoms with van der Waals surface area (Å²) in [7, 11) is 0. The SMILES string of the molecule is Cc1ccc(C(=O)NNC(=O)c2ccc(Cn3nnc(-c4ccccc4)n3)cc2)o1. The number of nitrogens with zero attached hydrogens (tertiary/aromatic N) is 4. The van der Waals surface area contributed by atoms with Gasteiger partial charge >= 0.3 is 5.91 Å². The number of aryl methyl sites for hydroxylation is 1. The van der Waals surface area contributed by atoms with Crippen LogP contribution in [-0.2, 0) is 6.54 Å². The van der Waals surface area contributed by atoms with Gasteiger partial charge in [-0.1, -0.05) is 42.5 Å². The van der Waals surface area contributed by atoms with Crippen molar-refractivity contribution < 1.29 is 14.0 Å². The number of rotatable bonds is 5. The fraction of sp³-hybridized carbons (Fsp3) is 0.0952. The van der Waals surface area contributed by atoms with Crippen LogP contribution >= 0.6 is 0 Å². The Kier molecular flexibility index (Phi) is 5.33. The second kappa shape index (κ2) is 8.39. The molecule has 2 N–H and O–H groups in total. The maximum atomic E-state index is 12.2. The first-order valence-electron chi connectivity index (χ1n) is 9.18. The number of furan rings is 1. The third-order valence-electron chi connectivity index (χ3n) is 4.28. The highest BCUT2D eigenvalue weighted by Crippen LogP contribution is 2.13. The Bertz CT molecular complexity index is 1160. The molecule has 9 heteroatoms. The molecule has 0 aliphatic rings. The van der Waals surface area contributed by atoms with E-state index in [0.717, 1.165) is 11.1 Å². The molecular formula is C21H18N6O3. The quantitative estimate of drug-likeness (QED) is 0.495. The van der Waals surface area contributed by atoms with Gasteiger partial charge in [-0.2, -0.15) is 4.80 Å². The minimum atomic E-state index is -0.528. The summed E-state index contributed by atoms with van der Waals surface area (Å²) in [6, 6.07) is 19.7. The largest absolute Gasteiger partial charge is 0.456 e. The molecule has 30 heavy (non-hydrogen) atoms. The molecule has 2 aromatic heterocycles. The van der Waals surface area contributed by atoms with E-state index in [4.69, 9.17) is 4.42 Å². The van der Waals surface area contributed by atoms with E-state index in [0.29, 0.717) is 23.7 Å². The topological polar surface area (TPSA) is 115 Å². The van der Waals surface area contributed by atoms with Gasteiger partial charge in [-0.3, -0.25) is 20.4 Å². The molecule has 0 radical (unpaired) electrons. The molecule has 2 heterocycles. The maximum absolute atomic E-state index is 12.2. The Morgan fingerprint density at radius 3 is 2.37 bits per heavy atom. The van der Waals surface area contributed by atoms with Crippen molar-refractivity contribution in [1.29, 1.82) is 0 Å². The number of benzene rings is 2. The van der Waals surface area contributed by atoms with Crippen molar-refractivity contribution in [3.8, 4) is 11.4 Å². The Morgan fingerprint density at radius 1 is 0.933 bits per heavy atom. The molecule has 0 bridgehead atoms. The van der Waals surface area contributed by atoms with Crippen LogP contribution in [0.5, 0.6) is 0 Å². The summed E-state index contributed by atoms with van der Waals surface area (Å²) in [5.74, 6) is 0.315. The summed E-state index contributed by atoms with van der Waals surface area (Å²) in [5.41, 5.74) is 6.86. The molecule has 0 unspecified atom stereocenters. The lowest BCUT2D eigenvalue weighted by molar-refractivity contribution is 0.0830. The standard InChI is InChI=1S/C21H18N6O3/c1-14-7-12-18(30-14)21(29)24-23-20(28)17-10-8-15(9-11-17)13-27-25-19(22-26-27)16-5-3-2-4-6-16/h2-12H,13H2,1H3,(H,23,28)(H,24,29). The number of nitrogens with one attached hydrogen (secondary N) is 2. The van der Waals surface area contributed by atoms with Crippen LogP contribution in [0.25, 0.3) is 11.4 Å². The van der Waals surface area contributed by atoms with Gasteiger partial charge in [0.1, 0.15) is 5.76 Å². The van der Waals surface area contributed by atoms with Gasteiger partial charge in [-0.15, -0.1) is 10.2 Å². The van der Waals surface area contributed by atoms with Gasteiger partial charge in [-0.05, 0) is 42.0 Å². The molecule has 0 aliphatic carbocycles. The van der Waals surface area contributed by atoms with Crippen molar-refractivity contribution in [1.82, 2.24) is 31.1 Å². The highest BCUT2D eigenvalue weighted by Gasteiger charge is 2.12. The smallest absolute Gasteiger partial charge is 0.305 e. The third-order valence-corrected chi connectivity index (χ3v) is 4.28. The zero-order valence-electron chi connectivity index (χ0n) is 16.1. The van der Waals surface area contributed by atoms with Crippen molar-refractivity contribution in [3.05, 3.63) is 89.4 Å². The molecular weight excluding hydrogens is 384 g/mol. The average molecular weight is 402 g/mol. The van der Waals surface area contributed by atoms with Crippen LogP contribution in [-0.4, -0.2) is 32.0 Å². The number of hydrazine groups is 1. The normalized spacial score (nSPS) is 10.6. The summed E-state index contributed by atoms with van der Waals surface area (Å²) in [4.78, 5) is 25.6. The minimum absolute atomic E-state index is 0.123.